The second kappa shape index (κ2) is 7.11. The standard InChI is InChI=1S/C24H26FN7O/c1-16-13-30(9-10-31(16)22(33)24(25)6-7-24)20-19-21(29-15-28-20)32(14-23(19)4-2-5-23)18-11-17(12-26)3-8-27-18/h3,8,11,15-16H,2,4-7,9-10,13-14H2,1H3/t16-/m1/s1. The van der Waals surface area contributed by atoms with Crippen LogP contribution in [0, 0.1) is 11.3 Å². The molecule has 0 bridgehead atoms. The summed E-state index contributed by atoms with van der Waals surface area (Å²) in [5.74, 6) is 2.14. The van der Waals surface area contributed by atoms with Crippen molar-refractivity contribution in [1.82, 2.24) is 19.9 Å². The molecule has 0 N–H and O–H groups in total. The maximum Gasteiger partial charge on any atom is 0.260 e. The molecule has 3 fully saturated rings. The smallest absolute Gasteiger partial charge is 0.260 e. The molecule has 1 saturated heterocycles. The predicted molar refractivity (Wildman–Crippen MR) is 120 cm³/mol. The first-order chi connectivity index (χ1) is 15.9. The minimum absolute atomic E-state index is 0.0243. The molecule has 1 spiro atoms. The number of pyridine rings is 1. The van der Waals surface area contributed by atoms with E-state index in [1.54, 1.807) is 29.6 Å². The van der Waals surface area contributed by atoms with Gasteiger partial charge < -0.3 is 14.7 Å². The monoisotopic (exact) mass is 447 g/mol. The Morgan fingerprint density at radius 1 is 1.18 bits per heavy atom. The van der Waals surface area contributed by atoms with Crippen molar-refractivity contribution >= 4 is 23.4 Å². The lowest BCUT2D eigenvalue weighted by Gasteiger charge is -2.44. The largest absolute Gasteiger partial charge is 0.352 e. The third-order valence-corrected chi connectivity index (χ3v) is 7.78. The van der Waals surface area contributed by atoms with Gasteiger partial charge >= 0.3 is 0 Å². The van der Waals surface area contributed by atoms with Crippen molar-refractivity contribution in [3.63, 3.8) is 0 Å². The number of anilines is 3. The Morgan fingerprint density at radius 2 is 1.97 bits per heavy atom. The van der Waals surface area contributed by atoms with Gasteiger partial charge in [0.2, 0.25) is 0 Å². The van der Waals surface area contributed by atoms with Crippen LogP contribution in [0.4, 0.5) is 21.8 Å². The predicted octanol–water partition coefficient (Wildman–Crippen LogP) is 2.86. The zero-order valence-electron chi connectivity index (χ0n) is 18.7. The summed E-state index contributed by atoms with van der Waals surface area (Å²) < 4.78 is 14.4. The number of halogens is 1. The van der Waals surface area contributed by atoms with Crippen molar-refractivity contribution < 1.29 is 9.18 Å². The molecule has 2 saturated carbocycles. The Labute approximate surface area is 192 Å². The molecular formula is C24H26FN7O. The molecule has 170 valence electrons. The van der Waals surface area contributed by atoms with Crippen molar-refractivity contribution in [1.29, 1.82) is 5.26 Å². The fourth-order valence-corrected chi connectivity index (χ4v) is 5.61. The molecule has 4 aliphatic rings. The van der Waals surface area contributed by atoms with Gasteiger partial charge in [0.1, 0.15) is 23.8 Å². The van der Waals surface area contributed by atoms with Crippen molar-refractivity contribution in [2.75, 3.05) is 36.0 Å². The zero-order chi connectivity index (χ0) is 22.8. The van der Waals surface area contributed by atoms with Crippen LogP contribution in [-0.4, -0.2) is 63.6 Å². The van der Waals surface area contributed by atoms with Crippen LogP contribution in [0.2, 0.25) is 0 Å². The van der Waals surface area contributed by atoms with Crippen molar-refractivity contribution in [2.45, 2.75) is 56.2 Å². The number of rotatable bonds is 3. The summed E-state index contributed by atoms with van der Waals surface area (Å²) in [6.07, 6.45) is 7.23. The summed E-state index contributed by atoms with van der Waals surface area (Å²) in [6.45, 7) is 4.48. The number of hydrogen-bond acceptors (Lipinski definition) is 7. The highest BCUT2D eigenvalue weighted by atomic mass is 19.1. The number of nitriles is 1. The minimum atomic E-state index is -1.63. The topological polar surface area (TPSA) is 89.2 Å². The lowest BCUT2D eigenvalue weighted by molar-refractivity contribution is -0.140. The molecule has 2 aliphatic carbocycles. The van der Waals surface area contributed by atoms with Crippen molar-refractivity contribution in [3.05, 3.63) is 35.8 Å². The third-order valence-electron chi connectivity index (χ3n) is 7.78. The number of nitrogens with zero attached hydrogens (tertiary/aromatic N) is 7. The van der Waals surface area contributed by atoms with Crippen LogP contribution < -0.4 is 9.80 Å². The molecule has 4 heterocycles. The molecule has 2 aromatic heterocycles. The molecular weight excluding hydrogens is 421 g/mol. The number of amides is 1. The minimum Gasteiger partial charge on any atom is -0.352 e. The molecule has 2 aromatic rings. The third kappa shape index (κ3) is 3.07. The summed E-state index contributed by atoms with van der Waals surface area (Å²) in [7, 11) is 0. The highest BCUT2D eigenvalue weighted by Gasteiger charge is 2.55. The van der Waals surface area contributed by atoms with Crippen LogP contribution in [0.5, 0.6) is 0 Å². The fourth-order valence-electron chi connectivity index (χ4n) is 5.61. The van der Waals surface area contributed by atoms with Crippen LogP contribution in [0.15, 0.2) is 24.7 Å². The van der Waals surface area contributed by atoms with E-state index < -0.39 is 5.67 Å². The number of hydrogen-bond donors (Lipinski definition) is 0. The van der Waals surface area contributed by atoms with Gasteiger partial charge in [-0.25, -0.2) is 19.3 Å². The van der Waals surface area contributed by atoms with E-state index in [-0.39, 0.29) is 17.4 Å². The molecule has 1 amide bonds. The van der Waals surface area contributed by atoms with Gasteiger partial charge in [0.25, 0.3) is 5.91 Å². The second-order valence-corrected chi connectivity index (χ2v) is 9.89. The van der Waals surface area contributed by atoms with Gasteiger partial charge in [0.05, 0.1) is 11.6 Å². The number of carbonyl (C=O) groups excluding carboxylic acids is 1. The van der Waals surface area contributed by atoms with Crippen molar-refractivity contribution in [3.8, 4) is 6.07 Å². The van der Waals surface area contributed by atoms with E-state index in [1.165, 1.54) is 0 Å². The molecule has 0 unspecified atom stereocenters. The van der Waals surface area contributed by atoms with Crippen LogP contribution in [0.3, 0.4) is 0 Å². The van der Waals surface area contributed by atoms with E-state index in [0.717, 1.165) is 48.8 Å². The first-order valence-electron chi connectivity index (χ1n) is 11.7. The summed E-state index contributed by atoms with van der Waals surface area (Å²) in [6, 6.07) is 5.61. The zero-order valence-corrected chi connectivity index (χ0v) is 18.7. The van der Waals surface area contributed by atoms with Gasteiger partial charge in [-0.3, -0.25) is 4.79 Å². The Balaban J connectivity index is 1.33. The fraction of sp³-hybridized carbons (Fsp3) is 0.542. The van der Waals surface area contributed by atoms with E-state index in [9.17, 15) is 14.4 Å². The van der Waals surface area contributed by atoms with Gasteiger partial charge in [-0.2, -0.15) is 5.26 Å². The maximum absolute atomic E-state index is 14.4. The van der Waals surface area contributed by atoms with Gasteiger partial charge in [-0.05, 0) is 44.7 Å². The molecule has 9 heteroatoms. The first kappa shape index (κ1) is 20.3. The SMILES string of the molecule is C[C@@H]1CN(c2ncnc3c2C2(CCC2)CN3c2cc(C#N)ccn2)CCN1C(=O)C1(F)CC1. The molecule has 2 aliphatic heterocycles. The van der Waals surface area contributed by atoms with Crippen LogP contribution in [0.25, 0.3) is 0 Å². The van der Waals surface area contributed by atoms with E-state index in [1.807, 2.05) is 6.92 Å². The number of alkyl halides is 1. The highest BCUT2D eigenvalue weighted by molar-refractivity contribution is 5.88. The highest BCUT2D eigenvalue weighted by Crippen LogP contribution is 2.56. The lowest BCUT2D eigenvalue weighted by atomic mass is 9.66. The second-order valence-electron chi connectivity index (χ2n) is 9.89. The maximum atomic E-state index is 14.4. The summed E-state index contributed by atoms with van der Waals surface area (Å²) in [4.78, 5) is 32.6. The number of aromatic nitrogens is 3. The Morgan fingerprint density at radius 3 is 2.64 bits per heavy atom. The van der Waals surface area contributed by atoms with Crippen molar-refractivity contribution in [2.24, 2.45) is 0 Å². The molecule has 8 nitrogen and oxygen atoms in total. The Hall–Kier alpha value is -3.28. The first-order valence-corrected chi connectivity index (χ1v) is 11.7. The van der Waals surface area contributed by atoms with Gasteiger partial charge in [0.15, 0.2) is 5.67 Å². The number of fused-ring (bicyclic) bond motifs is 2. The van der Waals surface area contributed by atoms with Gasteiger partial charge in [0, 0.05) is 49.4 Å². The summed E-state index contributed by atoms with van der Waals surface area (Å²) in [5.41, 5.74) is 0.0650. The molecule has 0 radical (unpaired) electrons. The van der Waals surface area contributed by atoms with E-state index in [4.69, 9.17) is 4.98 Å². The van der Waals surface area contributed by atoms with E-state index in [2.05, 4.69) is 25.8 Å². The number of carbonyl (C=O) groups is 1. The van der Waals surface area contributed by atoms with Gasteiger partial charge in [-0.1, -0.05) is 6.42 Å². The average Bonchev–Trinajstić information content (AvgIpc) is 3.46. The lowest BCUT2D eigenvalue weighted by Crippen LogP contribution is -2.57. The van der Waals surface area contributed by atoms with Crippen LogP contribution in [0.1, 0.15) is 50.2 Å². The normalized spacial score (nSPS) is 24.3. The van der Waals surface area contributed by atoms with E-state index >= 15 is 0 Å². The average molecular weight is 448 g/mol. The molecule has 1 atom stereocenters. The Kier molecular flexibility index (Phi) is 4.38. The quantitative estimate of drug-likeness (QED) is 0.715. The van der Waals surface area contributed by atoms with Gasteiger partial charge in [-0.15, -0.1) is 0 Å². The number of piperazine rings is 1. The summed E-state index contributed by atoms with van der Waals surface area (Å²) >= 11 is 0. The molecule has 0 aromatic carbocycles. The van der Waals surface area contributed by atoms with Crippen LogP contribution >= 0.6 is 0 Å². The molecule has 6 rings (SSSR count). The Bertz CT molecular complexity index is 1170. The molecule has 33 heavy (non-hydrogen) atoms. The van der Waals surface area contributed by atoms with E-state index in [0.29, 0.717) is 38.0 Å². The summed E-state index contributed by atoms with van der Waals surface area (Å²) in [5, 5.41) is 9.33. The van der Waals surface area contributed by atoms with Crippen LogP contribution in [-0.2, 0) is 10.2 Å².